The lowest BCUT2D eigenvalue weighted by Gasteiger charge is -2.21. The van der Waals surface area contributed by atoms with Crippen LogP contribution in [0.15, 0.2) is 0 Å². The first kappa shape index (κ1) is 94.1. The van der Waals surface area contributed by atoms with Crippen LogP contribution in [0.2, 0.25) is 0 Å². The number of phosphoric ester groups is 2. The molecule has 2 unspecified atom stereocenters. The van der Waals surface area contributed by atoms with Crippen LogP contribution in [0, 0.1) is 5.92 Å². The Morgan fingerprint density at radius 3 is 0.708 bits per heavy atom. The van der Waals surface area contributed by atoms with Crippen molar-refractivity contribution in [3.63, 3.8) is 0 Å². The van der Waals surface area contributed by atoms with E-state index in [1.165, 1.54) is 225 Å². The van der Waals surface area contributed by atoms with Crippen molar-refractivity contribution >= 4 is 39.5 Å². The molecule has 0 amide bonds. The molecule has 0 spiro atoms. The summed E-state index contributed by atoms with van der Waals surface area (Å²) in [5.41, 5.74) is 0. The van der Waals surface area contributed by atoms with Crippen molar-refractivity contribution in [1.29, 1.82) is 0 Å². The van der Waals surface area contributed by atoms with Crippen LogP contribution in [-0.2, 0) is 65.4 Å². The summed E-state index contributed by atoms with van der Waals surface area (Å²) in [5.74, 6) is -1.32. The topological polar surface area (TPSA) is 237 Å². The molecule has 0 saturated heterocycles. The average molecular weight is 1410 g/mol. The molecule has 19 heteroatoms. The number of unbranched alkanes of at least 4 members (excludes halogenated alkanes) is 49. The third-order valence-corrected chi connectivity index (χ3v) is 19.9. The Hall–Kier alpha value is -1.94. The fourth-order valence-electron chi connectivity index (χ4n) is 11.9. The van der Waals surface area contributed by atoms with Crippen LogP contribution in [0.1, 0.15) is 407 Å². The number of aliphatic hydroxyl groups is 1. The first-order valence-electron chi connectivity index (χ1n) is 40.1. The maximum atomic E-state index is 13.1. The van der Waals surface area contributed by atoms with Crippen LogP contribution in [0.5, 0.6) is 0 Å². The monoisotopic (exact) mass is 1410 g/mol. The Bertz CT molecular complexity index is 1840. The van der Waals surface area contributed by atoms with Gasteiger partial charge in [-0.05, 0) is 31.6 Å². The van der Waals surface area contributed by atoms with Crippen LogP contribution in [0.4, 0.5) is 0 Å². The van der Waals surface area contributed by atoms with Gasteiger partial charge < -0.3 is 33.8 Å². The number of rotatable bonds is 77. The molecule has 0 aliphatic rings. The molecule has 0 aliphatic heterocycles. The highest BCUT2D eigenvalue weighted by Gasteiger charge is 2.30. The van der Waals surface area contributed by atoms with Gasteiger partial charge >= 0.3 is 39.5 Å². The number of hydrogen-bond donors (Lipinski definition) is 3. The third-order valence-electron chi connectivity index (χ3n) is 18.0. The van der Waals surface area contributed by atoms with Crippen LogP contribution < -0.4 is 0 Å². The van der Waals surface area contributed by atoms with Crippen molar-refractivity contribution in [3.05, 3.63) is 0 Å². The van der Waals surface area contributed by atoms with E-state index < -0.39 is 97.5 Å². The molecule has 0 saturated carbocycles. The number of ether oxygens (including phenoxy) is 4. The van der Waals surface area contributed by atoms with Gasteiger partial charge in [-0.15, -0.1) is 0 Å². The number of aliphatic hydroxyl groups excluding tert-OH is 1. The second kappa shape index (κ2) is 70.1. The van der Waals surface area contributed by atoms with Gasteiger partial charge in [-0.3, -0.25) is 37.3 Å². The molecule has 0 bridgehead atoms. The Kier molecular flexibility index (Phi) is 68.7. The minimum absolute atomic E-state index is 0.107. The predicted octanol–water partition coefficient (Wildman–Crippen LogP) is 22.9. The lowest BCUT2D eigenvalue weighted by molar-refractivity contribution is -0.161. The SMILES string of the molecule is CCCCCCCCCCCCCCCCCCCCCCC(=O)O[C@H](COC(=O)CCCCCCCCCCCCCCCCCC(C)C)COP(=O)(O)OC[C@@H](O)COP(=O)(O)OC[C@@H](COC(=O)CCCCCCC)OC(=O)CCCCCCCCCCCCCCC. The van der Waals surface area contributed by atoms with E-state index in [0.717, 1.165) is 102 Å². The molecule has 17 nitrogen and oxygen atoms in total. The van der Waals surface area contributed by atoms with Gasteiger partial charge in [0.25, 0.3) is 0 Å². The second-order valence-electron chi connectivity index (χ2n) is 28.2. The highest BCUT2D eigenvalue weighted by atomic mass is 31.2. The number of carbonyl (C=O) groups excluding carboxylic acids is 4. The summed E-state index contributed by atoms with van der Waals surface area (Å²) in [6.45, 7) is 7.24. The molecular weight excluding hydrogens is 1260 g/mol. The van der Waals surface area contributed by atoms with Crippen molar-refractivity contribution in [2.45, 2.75) is 425 Å². The Labute approximate surface area is 588 Å². The normalized spacial score (nSPS) is 13.9. The average Bonchev–Trinajstić information content (AvgIpc) is 1.11. The molecule has 5 atom stereocenters. The van der Waals surface area contributed by atoms with E-state index in [2.05, 4.69) is 34.6 Å². The van der Waals surface area contributed by atoms with Crippen molar-refractivity contribution in [2.24, 2.45) is 5.92 Å². The maximum Gasteiger partial charge on any atom is 0.472 e. The van der Waals surface area contributed by atoms with Gasteiger partial charge in [-0.2, -0.15) is 0 Å². The van der Waals surface area contributed by atoms with Crippen molar-refractivity contribution < 1.29 is 80.2 Å². The molecule has 0 rings (SSSR count). The van der Waals surface area contributed by atoms with Crippen LogP contribution in [0.25, 0.3) is 0 Å². The summed E-state index contributed by atoms with van der Waals surface area (Å²) in [7, 11) is -9.90. The minimum Gasteiger partial charge on any atom is -0.462 e. The van der Waals surface area contributed by atoms with Gasteiger partial charge in [0.2, 0.25) is 0 Å². The largest absolute Gasteiger partial charge is 0.472 e. The standard InChI is InChI=1S/C77H150O17P2/c1-6-9-12-15-17-19-21-23-24-25-26-27-28-31-36-40-44-48-53-58-63-77(82)94-73(67-88-75(80)61-56-51-46-42-38-35-32-29-30-34-37-41-45-50-54-59-70(4)5)69-92-96(85,86)90-65-71(78)64-89-95(83,84)91-68-72(66-87-74(79)60-55-49-14-11-8-3)93-76(81)62-57-52-47-43-39-33-22-20-18-16-13-10-7-2/h70-73,78H,6-69H2,1-5H3,(H,83,84)(H,85,86)/t71-,72+,73+/m0/s1. The van der Waals surface area contributed by atoms with Crippen LogP contribution >= 0.6 is 15.6 Å². The number of phosphoric acid groups is 2. The molecule has 0 aliphatic carbocycles. The zero-order valence-corrected chi connectivity index (χ0v) is 64.3. The second-order valence-corrected chi connectivity index (χ2v) is 31.1. The van der Waals surface area contributed by atoms with Crippen molar-refractivity contribution in [2.75, 3.05) is 39.6 Å². The smallest absolute Gasteiger partial charge is 0.462 e. The number of esters is 4. The van der Waals surface area contributed by atoms with E-state index in [4.69, 9.17) is 37.0 Å². The van der Waals surface area contributed by atoms with Crippen molar-refractivity contribution in [3.8, 4) is 0 Å². The van der Waals surface area contributed by atoms with E-state index in [-0.39, 0.29) is 25.7 Å². The first-order chi connectivity index (χ1) is 46.5. The van der Waals surface area contributed by atoms with E-state index in [1.54, 1.807) is 0 Å². The fraction of sp³-hybridized carbons (Fsp3) is 0.948. The Morgan fingerprint density at radius 2 is 0.479 bits per heavy atom. The van der Waals surface area contributed by atoms with E-state index in [9.17, 15) is 43.2 Å². The summed E-state index contributed by atoms with van der Waals surface area (Å²) < 4.78 is 68.3. The quantitative estimate of drug-likeness (QED) is 0.0222. The number of hydrogen-bond acceptors (Lipinski definition) is 15. The van der Waals surface area contributed by atoms with Gasteiger partial charge in [-0.25, -0.2) is 9.13 Å². The summed E-state index contributed by atoms with van der Waals surface area (Å²) in [4.78, 5) is 72.5. The van der Waals surface area contributed by atoms with Crippen LogP contribution in [-0.4, -0.2) is 96.7 Å². The summed E-state index contributed by atoms with van der Waals surface area (Å²) >= 11 is 0. The van der Waals surface area contributed by atoms with E-state index >= 15 is 0 Å². The van der Waals surface area contributed by atoms with Gasteiger partial charge in [0.15, 0.2) is 12.2 Å². The molecule has 0 radical (unpaired) electrons. The lowest BCUT2D eigenvalue weighted by Crippen LogP contribution is -2.30. The fourth-order valence-corrected chi connectivity index (χ4v) is 13.5. The van der Waals surface area contributed by atoms with E-state index in [1.807, 2.05) is 0 Å². The molecule has 570 valence electrons. The summed E-state index contributed by atoms with van der Waals surface area (Å²) in [5, 5.41) is 10.6. The molecule has 0 aromatic heterocycles. The molecule has 3 N–H and O–H groups in total. The lowest BCUT2D eigenvalue weighted by atomic mass is 10.0. The highest BCUT2D eigenvalue weighted by molar-refractivity contribution is 7.47. The molecular formula is C77H150O17P2. The Balaban J connectivity index is 5.13. The van der Waals surface area contributed by atoms with Gasteiger partial charge in [0.05, 0.1) is 26.4 Å². The molecule has 0 aromatic carbocycles. The molecule has 0 heterocycles. The third kappa shape index (κ3) is 70.5. The summed E-state index contributed by atoms with van der Waals surface area (Å²) in [6, 6.07) is 0. The van der Waals surface area contributed by atoms with Gasteiger partial charge in [-0.1, -0.05) is 356 Å². The van der Waals surface area contributed by atoms with Gasteiger partial charge in [0, 0.05) is 25.7 Å². The van der Waals surface area contributed by atoms with Crippen LogP contribution in [0.3, 0.4) is 0 Å². The zero-order valence-electron chi connectivity index (χ0n) is 62.5. The van der Waals surface area contributed by atoms with E-state index in [0.29, 0.717) is 25.7 Å². The highest BCUT2D eigenvalue weighted by Crippen LogP contribution is 2.45. The minimum atomic E-state index is -4.96. The molecule has 96 heavy (non-hydrogen) atoms. The van der Waals surface area contributed by atoms with Crippen molar-refractivity contribution in [1.82, 2.24) is 0 Å². The Morgan fingerprint density at radius 1 is 0.281 bits per heavy atom. The summed E-state index contributed by atoms with van der Waals surface area (Å²) in [6.07, 6.45) is 60.1. The number of carbonyl (C=O) groups is 4. The first-order valence-corrected chi connectivity index (χ1v) is 43.1. The van der Waals surface area contributed by atoms with Gasteiger partial charge in [0.1, 0.15) is 19.3 Å². The maximum absolute atomic E-state index is 13.1. The molecule has 0 aromatic rings. The molecule has 0 fully saturated rings. The predicted molar refractivity (Wildman–Crippen MR) is 391 cm³/mol. The zero-order chi connectivity index (χ0) is 70.5.